The Morgan fingerprint density at radius 1 is 1.33 bits per heavy atom. The molecule has 7 heteroatoms. The van der Waals surface area contributed by atoms with E-state index in [0.29, 0.717) is 11.9 Å². The van der Waals surface area contributed by atoms with Crippen LogP contribution in [0.1, 0.15) is 55.9 Å². The Labute approximate surface area is 156 Å². The summed E-state index contributed by atoms with van der Waals surface area (Å²) in [5, 5.41) is 4.43. The second-order valence-corrected chi connectivity index (χ2v) is 7.52. The SMILES string of the molecule is CC(C)c1noc(C2CCN(Cc3cc(=O)c4cccc(F)c4[nH]3)CC2)n1. The first kappa shape index (κ1) is 17.9. The molecule has 0 atom stereocenters. The number of nitrogens with one attached hydrogen (secondary N) is 1. The van der Waals surface area contributed by atoms with Crippen LogP contribution in [0, 0.1) is 5.82 Å². The number of benzene rings is 1. The molecule has 0 aliphatic carbocycles. The molecule has 1 aliphatic rings. The molecule has 4 rings (SSSR count). The number of likely N-dealkylation sites (tertiary alicyclic amines) is 1. The van der Waals surface area contributed by atoms with Crippen LogP contribution in [0.15, 0.2) is 33.6 Å². The molecular formula is C20H23FN4O2. The lowest BCUT2D eigenvalue weighted by Crippen LogP contribution is -2.33. The molecule has 0 unspecified atom stereocenters. The summed E-state index contributed by atoms with van der Waals surface area (Å²) in [6.45, 7) is 6.41. The molecule has 1 saturated heterocycles. The molecule has 1 aromatic carbocycles. The van der Waals surface area contributed by atoms with Gasteiger partial charge in [0.25, 0.3) is 0 Å². The molecule has 27 heavy (non-hydrogen) atoms. The molecule has 0 spiro atoms. The topological polar surface area (TPSA) is 75.0 Å². The summed E-state index contributed by atoms with van der Waals surface area (Å²) in [6.07, 6.45) is 1.85. The van der Waals surface area contributed by atoms with Gasteiger partial charge in [0.05, 0.1) is 5.52 Å². The first-order valence-corrected chi connectivity index (χ1v) is 9.37. The van der Waals surface area contributed by atoms with E-state index in [4.69, 9.17) is 4.52 Å². The molecule has 3 heterocycles. The number of rotatable bonds is 4. The number of piperidine rings is 1. The largest absolute Gasteiger partial charge is 0.355 e. The fourth-order valence-corrected chi connectivity index (χ4v) is 3.60. The van der Waals surface area contributed by atoms with Crippen LogP contribution in [0.4, 0.5) is 4.39 Å². The van der Waals surface area contributed by atoms with Crippen molar-refractivity contribution in [3.8, 4) is 0 Å². The Morgan fingerprint density at radius 3 is 2.81 bits per heavy atom. The standard InChI is InChI=1S/C20H23FN4O2/c1-12(2)19-23-20(27-24-19)13-6-8-25(9-7-13)11-14-10-17(26)15-4-3-5-16(21)18(15)22-14/h3-5,10,12-13H,6-9,11H2,1-2H3,(H,22,26). The van der Waals surface area contributed by atoms with Crippen molar-refractivity contribution in [3.05, 3.63) is 57.7 Å². The van der Waals surface area contributed by atoms with Crippen LogP contribution in [-0.4, -0.2) is 33.1 Å². The van der Waals surface area contributed by atoms with Crippen LogP contribution in [0.3, 0.4) is 0 Å². The van der Waals surface area contributed by atoms with Gasteiger partial charge in [-0.15, -0.1) is 0 Å². The molecule has 1 fully saturated rings. The molecule has 1 N–H and O–H groups in total. The fourth-order valence-electron chi connectivity index (χ4n) is 3.60. The van der Waals surface area contributed by atoms with Gasteiger partial charge in [-0.2, -0.15) is 4.98 Å². The van der Waals surface area contributed by atoms with Gasteiger partial charge >= 0.3 is 0 Å². The third-order valence-corrected chi connectivity index (χ3v) is 5.17. The number of aromatic nitrogens is 3. The van der Waals surface area contributed by atoms with Crippen molar-refractivity contribution >= 4 is 10.9 Å². The van der Waals surface area contributed by atoms with Gasteiger partial charge < -0.3 is 9.51 Å². The minimum atomic E-state index is -0.400. The van der Waals surface area contributed by atoms with Crippen molar-refractivity contribution in [1.29, 1.82) is 0 Å². The zero-order valence-electron chi connectivity index (χ0n) is 15.5. The fraction of sp³-hybridized carbons (Fsp3) is 0.450. The average Bonchev–Trinajstić information content (AvgIpc) is 3.14. The molecule has 1 aliphatic heterocycles. The summed E-state index contributed by atoms with van der Waals surface area (Å²) in [5.41, 5.74) is 0.859. The second-order valence-electron chi connectivity index (χ2n) is 7.52. The van der Waals surface area contributed by atoms with Crippen LogP contribution in [0.2, 0.25) is 0 Å². The van der Waals surface area contributed by atoms with E-state index in [1.54, 1.807) is 18.2 Å². The Balaban J connectivity index is 1.44. The third kappa shape index (κ3) is 3.64. The number of H-pyrrole nitrogens is 1. The lowest BCUT2D eigenvalue weighted by atomic mass is 9.96. The maximum absolute atomic E-state index is 14.0. The van der Waals surface area contributed by atoms with Crippen molar-refractivity contribution in [2.45, 2.75) is 45.1 Å². The molecular weight excluding hydrogens is 347 g/mol. The van der Waals surface area contributed by atoms with Crippen LogP contribution >= 0.6 is 0 Å². The lowest BCUT2D eigenvalue weighted by Gasteiger charge is -2.30. The number of hydrogen-bond acceptors (Lipinski definition) is 5. The lowest BCUT2D eigenvalue weighted by molar-refractivity contribution is 0.186. The maximum atomic E-state index is 14.0. The third-order valence-electron chi connectivity index (χ3n) is 5.17. The Kier molecular flexibility index (Phi) is 4.78. The van der Waals surface area contributed by atoms with Gasteiger partial charge in [0, 0.05) is 35.5 Å². The molecule has 3 aromatic rings. The highest BCUT2D eigenvalue weighted by Crippen LogP contribution is 2.28. The summed E-state index contributed by atoms with van der Waals surface area (Å²) in [5.74, 6) is 1.60. The van der Waals surface area contributed by atoms with E-state index in [-0.39, 0.29) is 22.8 Å². The first-order valence-electron chi connectivity index (χ1n) is 9.37. The number of halogens is 1. The summed E-state index contributed by atoms with van der Waals surface area (Å²) in [7, 11) is 0. The number of hydrogen-bond donors (Lipinski definition) is 1. The maximum Gasteiger partial charge on any atom is 0.229 e. The van der Waals surface area contributed by atoms with E-state index in [2.05, 4.69) is 20.0 Å². The second kappa shape index (κ2) is 7.23. The Morgan fingerprint density at radius 2 is 2.11 bits per heavy atom. The van der Waals surface area contributed by atoms with E-state index in [9.17, 15) is 9.18 Å². The van der Waals surface area contributed by atoms with Crippen LogP contribution in [-0.2, 0) is 6.54 Å². The van der Waals surface area contributed by atoms with Gasteiger partial charge in [-0.25, -0.2) is 4.39 Å². The zero-order chi connectivity index (χ0) is 19.0. The number of para-hydroxylation sites is 1. The summed E-state index contributed by atoms with van der Waals surface area (Å²) >= 11 is 0. The monoisotopic (exact) mass is 370 g/mol. The number of fused-ring (bicyclic) bond motifs is 1. The minimum Gasteiger partial charge on any atom is -0.355 e. The predicted octanol–water partition coefficient (Wildman–Crippen LogP) is 3.55. The van der Waals surface area contributed by atoms with Crippen LogP contribution in [0.5, 0.6) is 0 Å². The summed E-state index contributed by atoms with van der Waals surface area (Å²) in [6, 6.07) is 6.13. The van der Waals surface area contributed by atoms with Crippen molar-refractivity contribution in [3.63, 3.8) is 0 Å². The van der Waals surface area contributed by atoms with E-state index in [1.807, 2.05) is 13.8 Å². The smallest absolute Gasteiger partial charge is 0.229 e. The average molecular weight is 370 g/mol. The molecule has 0 saturated carbocycles. The van der Waals surface area contributed by atoms with Gasteiger partial charge in [-0.3, -0.25) is 9.69 Å². The molecule has 0 amide bonds. The van der Waals surface area contributed by atoms with E-state index < -0.39 is 5.82 Å². The van der Waals surface area contributed by atoms with Gasteiger partial charge in [0.15, 0.2) is 11.3 Å². The summed E-state index contributed by atoms with van der Waals surface area (Å²) in [4.78, 5) is 22.1. The highest BCUT2D eigenvalue weighted by atomic mass is 19.1. The van der Waals surface area contributed by atoms with E-state index in [0.717, 1.165) is 43.3 Å². The Hall–Kier alpha value is -2.54. The van der Waals surface area contributed by atoms with Gasteiger partial charge in [-0.1, -0.05) is 25.1 Å². The molecule has 2 aromatic heterocycles. The molecule has 0 radical (unpaired) electrons. The van der Waals surface area contributed by atoms with Gasteiger partial charge in [0.2, 0.25) is 5.89 Å². The van der Waals surface area contributed by atoms with Crippen molar-refractivity contribution in [1.82, 2.24) is 20.0 Å². The Bertz CT molecular complexity index is 1000. The van der Waals surface area contributed by atoms with Crippen molar-refractivity contribution < 1.29 is 8.91 Å². The van der Waals surface area contributed by atoms with Crippen LogP contribution in [0.25, 0.3) is 10.9 Å². The highest BCUT2D eigenvalue weighted by Gasteiger charge is 2.26. The molecule has 6 nitrogen and oxygen atoms in total. The summed E-state index contributed by atoms with van der Waals surface area (Å²) < 4.78 is 19.4. The predicted molar refractivity (Wildman–Crippen MR) is 100 cm³/mol. The van der Waals surface area contributed by atoms with Gasteiger partial charge in [0.1, 0.15) is 5.82 Å². The molecule has 142 valence electrons. The van der Waals surface area contributed by atoms with E-state index in [1.165, 1.54) is 6.07 Å². The van der Waals surface area contributed by atoms with E-state index >= 15 is 0 Å². The van der Waals surface area contributed by atoms with Crippen LogP contribution < -0.4 is 5.43 Å². The number of aromatic amines is 1. The quantitative estimate of drug-likeness (QED) is 0.760. The number of nitrogens with zero attached hydrogens (tertiary/aromatic N) is 3. The highest BCUT2D eigenvalue weighted by molar-refractivity contribution is 5.78. The normalized spacial score (nSPS) is 16.4. The number of pyridine rings is 1. The van der Waals surface area contributed by atoms with Gasteiger partial charge in [-0.05, 0) is 38.1 Å². The van der Waals surface area contributed by atoms with Crippen molar-refractivity contribution in [2.75, 3.05) is 13.1 Å². The zero-order valence-corrected chi connectivity index (χ0v) is 15.5. The molecule has 0 bridgehead atoms. The minimum absolute atomic E-state index is 0.153. The van der Waals surface area contributed by atoms with Crippen molar-refractivity contribution in [2.24, 2.45) is 0 Å². The first-order chi connectivity index (χ1) is 13.0.